The lowest BCUT2D eigenvalue weighted by atomic mass is 10.0. The number of nitrogens with zero attached hydrogens (tertiary/aromatic N) is 1. The van der Waals surface area contributed by atoms with Gasteiger partial charge < -0.3 is 11.1 Å². The van der Waals surface area contributed by atoms with Crippen LogP contribution >= 0.6 is 24.8 Å². The molecule has 3 N–H and O–H groups in total. The Balaban J connectivity index is 0.00000242. The van der Waals surface area contributed by atoms with Crippen LogP contribution in [0.3, 0.4) is 0 Å². The number of carbonyl (C=O) groups excluding carboxylic acids is 1. The van der Waals surface area contributed by atoms with Crippen molar-refractivity contribution >= 4 is 30.7 Å². The highest BCUT2D eigenvalue weighted by molar-refractivity contribution is 5.96. The summed E-state index contributed by atoms with van der Waals surface area (Å²) >= 11 is 0. The number of rotatable bonds is 4. The molecule has 0 saturated heterocycles. The van der Waals surface area contributed by atoms with Crippen molar-refractivity contribution < 1.29 is 4.79 Å². The SMILES string of the molecule is Cc1nc(-c2ccccc2)ccc1C(=O)NC(C)(C)CN.Cl.Cl. The fraction of sp³-hybridized carbons (Fsp3) is 0.294. The predicted octanol–water partition coefficient (Wildman–Crippen LogP) is 3.37. The van der Waals surface area contributed by atoms with Crippen molar-refractivity contribution in [2.45, 2.75) is 26.3 Å². The number of nitrogens with two attached hydrogens (primary N) is 1. The summed E-state index contributed by atoms with van der Waals surface area (Å²) in [7, 11) is 0. The quantitative estimate of drug-likeness (QED) is 0.883. The second kappa shape index (κ2) is 8.87. The standard InChI is InChI=1S/C17H21N3O.2ClH/c1-12-14(16(21)20-17(2,3)11-18)9-10-15(19-12)13-7-5-4-6-8-13;;/h4-10H,11,18H2,1-3H3,(H,20,21);2*1H. The van der Waals surface area contributed by atoms with Crippen molar-refractivity contribution in [3.05, 3.63) is 53.7 Å². The van der Waals surface area contributed by atoms with Crippen molar-refractivity contribution in [2.24, 2.45) is 5.73 Å². The molecule has 0 aliphatic rings. The molecule has 0 bridgehead atoms. The summed E-state index contributed by atoms with van der Waals surface area (Å²) in [6, 6.07) is 13.6. The van der Waals surface area contributed by atoms with Gasteiger partial charge in [-0.25, -0.2) is 0 Å². The van der Waals surface area contributed by atoms with Crippen molar-refractivity contribution in [1.29, 1.82) is 0 Å². The zero-order chi connectivity index (χ0) is 15.5. The number of pyridine rings is 1. The van der Waals surface area contributed by atoms with Gasteiger partial charge in [0.2, 0.25) is 0 Å². The van der Waals surface area contributed by atoms with E-state index in [2.05, 4.69) is 10.3 Å². The van der Waals surface area contributed by atoms with Crippen LogP contribution < -0.4 is 11.1 Å². The van der Waals surface area contributed by atoms with Gasteiger partial charge in [0.25, 0.3) is 5.91 Å². The molecule has 126 valence electrons. The molecule has 1 amide bonds. The molecule has 1 heterocycles. The van der Waals surface area contributed by atoms with Gasteiger partial charge in [-0.3, -0.25) is 9.78 Å². The average molecular weight is 356 g/mol. The first kappa shape index (κ1) is 21.4. The van der Waals surface area contributed by atoms with Crippen LogP contribution in [-0.4, -0.2) is 23.0 Å². The third kappa shape index (κ3) is 5.50. The number of halogens is 2. The maximum Gasteiger partial charge on any atom is 0.253 e. The van der Waals surface area contributed by atoms with Gasteiger partial charge in [0, 0.05) is 17.6 Å². The summed E-state index contributed by atoms with van der Waals surface area (Å²) in [5.74, 6) is -0.143. The van der Waals surface area contributed by atoms with E-state index in [1.54, 1.807) is 0 Å². The van der Waals surface area contributed by atoms with Crippen molar-refractivity contribution in [2.75, 3.05) is 6.54 Å². The molecule has 0 atom stereocenters. The Bertz CT molecular complexity index is 646. The van der Waals surface area contributed by atoms with E-state index in [1.165, 1.54) is 0 Å². The molecule has 1 aromatic carbocycles. The number of hydrogen-bond donors (Lipinski definition) is 2. The summed E-state index contributed by atoms with van der Waals surface area (Å²) in [5.41, 5.74) is 8.40. The first-order chi connectivity index (χ1) is 9.93. The fourth-order valence-electron chi connectivity index (χ4n) is 2.00. The van der Waals surface area contributed by atoms with E-state index in [-0.39, 0.29) is 30.7 Å². The van der Waals surface area contributed by atoms with Crippen LogP contribution in [0.1, 0.15) is 29.9 Å². The number of carbonyl (C=O) groups is 1. The maximum absolute atomic E-state index is 12.3. The average Bonchev–Trinajstić information content (AvgIpc) is 2.47. The second-order valence-corrected chi connectivity index (χ2v) is 5.74. The highest BCUT2D eigenvalue weighted by Gasteiger charge is 2.20. The zero-order valence-electron chi connectivity index (χ0n) is 13.5. The van der Waals surface area contributed by atoms with Crippen LogP contribution in [0.4, 0.5) is 0 Å². The lowest BCUT2D eigenvalue weighted by Crippen LogP contribution is -2.49. The van der Waals surface area contributed by atoms with Crippen LogP contribution in [0.5, 0.6) is 0 Å². The van der Waals surface area contributed by atoms with Gasteiger partial charge in [0.15, 0.2) is 0 Å². The van der Waals surface area contributed by atoms with E-state index in [0.29, 0.717) is 17.8 Å². The van der Waals surface area contributed by atoms with Gasteiger partial charge in [0.1, 0.15) is 0 Å². The molecule has 0 aliphatic carbocycles. The Hall–Kier alpha value is -1.62. The van der Waals surface area contributed by atoms with Gasteiger partial charge in [-0.2, -0.15) is 0 Å². The Morgan fingerprint density at radius 2 is 1.74 bits per heavy atom. The Morgan fingerprint density at radius 3 is 2.26 bits per heavy atom. The zero-order valence-corrected chi connectivity index (χ0v) is 15.1. The summed E-state index contributed by atoms with van der Waals surface area (Å²) in [6.07, 6.45) is 0. The number of hydrogen-bond acceptors (Lipinski definition) is 3. The number of amides is 1. The number of benzene rings is 1. The van der Waals surface area contributed by atoms with Crippen LogP contribution in [0.25, 0.3) is 11.3 Å². The molecule has 4 nitrogen and oxygen atoms in total. The van der Waals surface area contributed by atoms with Crippen molar-refractivity contribution in [1.82, 2.24) is 10.3 Å². The molecule has 0 fully saturated rings. The number of nitrogens with one attached hydrogen (secondary N) is 1. The second-order valence-electron chi connectivity index (χ2n) is 5.74. The van der Waals surface area contributed by atoms with Crippen molar-refractivity contribution in [3.63, 3.8) is 0 Å². The first-order valence-corrected chi connectivity index (χ1v) is 6.98. The Kier molecular flexibility index (Phi) is 8.24. The molecule has 0 unspecified atom stereocenters. The van der Waals surface area contributed by atoms with Crippen molar-refractivity contribution in [3.8, 4) is 11.3 Å². The molecule has 6 heteroatoms. The first-order valence-electron chi connectivity index (χ1n) is 6.98. The fourth-order valence-corrected chi connectivity index (χ4v) is 2.00. The van der Waals surface area contributed by atoms with E-state index < -0.39 is 5.54 Å². The number of aromatic nitrogens is 1. The Labute approximate surface area is 149 Å². The van der Waals surface area contributed by atoms with E-state index in [1.807, 2.05) is 63.2 Å². The van der Waals surface area contributed by atoms with E-state index in [0.717, 1.165) is 11.3 Å². The van der Waals surface area contributed by atoms with Crippen LogP contribution in [0.15, 0.2) is 42.5 Å². The molecule has 0 aliphatic heterocycles. The molecule has 0 saturated carbocycles. The lowest BCUT2D eigenvalue weighted by molar-refractivity contribution is 0.0914. The van der Waals surface area contributed by atoms with Crippen LogP contribution in [-0.2, 0) is 0 Å². The molecule has 2 rings (SSSR count). The Morgan fingerprint density at radius 1 is 1.13 bits per heavy atom. The lowest BCUT2D eigenvalue weighted by Gasteiger charge is -2.24. The van der Waals surface area contributed by atoms with E-state index in [9.17, 15) is 4.79 Å². The molecule has 23 heavy (non-hydrogen) atoms. The van der Waals surface area contributed by atoms with Gasteiger partial charge >= 0.3 is 0 Å². The summed E-state index contributed by atoms with van der Waals surface area (Å²) < 4.78 is 0. The molecular formula is C17H23Cl2N3O. The highest BCUT2D eigenvalue weighted by atomic mass is 35.5. The normalized spacial score (nSPS) is 10.3. The molecule has 2 aromatic rings. The van der Waals surface area contributed by atoms with E-state index in [4.69, 9.17) is 5.73 Å². The van der Waals surface area contributed by atoms with Crippen LogP contribution in [0.2, 0.25) is 0 Å². The summed E-state index contributed by atoms with van der Waals surface area (Å²) in [5, 5.41) is 2.92. The topological polar surface area (TPSA) is 68.0 Å². The largest absolute Gasteiger partial charge is 0.346 e. The molecular weight excluding hydrogens is 333 g/mol. The predicted molar refractivity (Wildman–Crippen MR) is 99.5 cm³/mol. The summed E-state index contributed by atoms with van der Waals surface area (Å²) in [4.78, 5) is 16.8. The monoisotopic (exact) mass is 355 g/mol. The third-order valence-electron chi connectivity index (χ3n) is 3.36. The molecule has 1 aromatic heterocycles. The third-order valence-corrected chi connectivity index (χ3v) is 3.36. The van der Waals surface area contributed by atoms with Crippen LogP contribution in [0, 0.1) is 6.92 Å². The summed E-state index contributed by atoms with van der Waals surface area (Å²) in [6.45, 7) is 6.02. The molecule has 0 radical (unpaired) electrons. The minimum Gasteiger partial charge on any atom is -0.346 e. The number of aryl methyl sites for hydroxylation is 1. The minimum atomic E-state index is -0.429. The smallest absolute Gasteiger partial charge is 0.253 e. The van der Waals surface area contributed by atoms with Gasteiger partial charge in [-0.1, -0.05) is 30.3 Å². The van der Waals surface area contributed by atoms with E-state index >= 15 is 0 Å². The minimum absolute atomic E-state index is 0. The molecule has 0 spiro atoms. The van der Waals surface area contributed by atoms with Gasteiger partial charge in [-0.05, 0) is 32.9 Å². The maximum atomic E-state index is 12.3. The van der Waals surface area contributed by atoms with Gasteiger partial charge in [-0.15, -0.1) is 24.8 Å². The highest BCUT2D eigenvalue weighted by Crippen LogP contribution is 2.18. The van der Waals surface area contributed by atoms with Gasteiger partial charge in [0.05, 0.1) is 17.0 Å².